The molecule has 1 saturated heterocycles. The van der Waals surface area contributed by atoms with E-state index in [2.05, 4.69) is 5.32 Å². The maximum Gasteiger partial charge on any atom is 0.0735 e. The van der Waals surface area contributed by atoms with Crippen LogP contribution in [0.2, 0.25) is 5.02 Å². The lowest BCUT2D eigenvalue weighted by Crippen LogP contribution is -2.16. The molecular weight excluding hydrogens is 198 g/mol. The van der Waals surface area contributed by atoms with Crippen LogP contribution in [0.15, 0.2) is 24.3 Å². The molecule has 0 bridgehead atoms. The van der Waals surface area contributed by atoms with Gasteiger partial charge in [-0.2, -0.15) is 0 Å². The third-order valence-electron chi connectivity index (χ3n) is 2.45. The van der Waals surface area contributed by atoms with Crippen LogP contribution in [0.4, 0.5) is 0 Å². The summed E-state index contributed by atoms with van der Waals surface area (Å²) in [5, 5.41) is 4.06. The summed E-state index contributed by atoms with van der Waals surface area (Å²) in [6.45, 7) is 2.64. The fourth-order valence-corrected chi connectivity index (χ4v) is 1.78. The van der Waals surface area contributed by atoms with Gasteiger partial charge in [0.1, 0.15) is 0 Å². The van der Waals surface area contributed by atoms with E-state index in [9.17, 15) is 0 Å². The summed E-state index contributed by atoms with van der Waals surface area (Å²) >= 11 is 6.01. The molecule has 1 aromatic rings. The summed E-state index contributed by atoms with van der Waals surface area (Å²) in [5.41, 5.74) is 1.07. The molecule has 76 valence electrons. The molecule has 1 N–H and O–H groups in total. The van der Waals surface area contributed by atoms with Gasteiger partial charge in [-0.1, -0.05) is 29.8 Å². The maximum atomic E-state index is 6.01. The Morgan fingerprint density at radius 2 is 2.29 bits per heavy atom. The van der Waals surface area contributed by atoms with Crippen LogP contribution in [0.1, 0.15) is 12.0 Å². The lowest BCUT2D eigenvalue weighted by Gasteiger charge is -2.11. The fourth-order valence-electron chi connectivity index (χ4n) is 1.59. The van der Waals surface area contributed by atoms with E-state index in [0.717, 1.165) is 30.1 Å². The molecule has 0 saturated carbocycles. The molecule has 1 atom stereocenters. The number of hydrogen-bond donors (Lipinski definition) is 1. The average molecular weight is 212 g/mol. The number of nitrogens with one attached hydrogen (secondary N) is 1. The van der Waals surface area contributed by atoms with E-state index >= 15 is 0 Å². The van der Waals surface area contributed by atoms with Crippen molar-refractivity contribution in [3.05, 3.63) is 34.9 Å². The first-order valence-corrected chi connectivity index (χ1v) is 5.30. The normalized spacial score (nSPS) is 21.4. The van der Waals surface area contributed by atoms with Gasteiger partial charge in [0.15, 0.2) is 0 Å². The van der Waals surface area contributed by atoms with Gasteiger partial charge in [-0.3, -0.25) is 0 Å². The highest BCUT2D eigenvalue weighted by Gasteiger charge is 2.14. The van der Waals surface area contributed by atoms with Crippen LogP contribution >= 0.6 is 11.6 Å². The van der Waals surface area contributed by atoms with Crippen LogP contribution < -0.4 is 5.32 Å². The molecule has 1 aromatic carbocycles. The van der Waals surface area contributed by atoms with Crippen LogP contribution in [-0.4, -0.2) is 19.2 Å². The lowest BCUT2D eigenvalue weighted by atomic mass is 10.2. The largest absolute Gasteiger partial charge is 0.372 e. The van der Waals surface area contributed by atoms with Crippen molar-refractivity contribution < 1.29 is 4.74 Å². The first-order valence-electron chi connectivity index (χ1n) is 4.92. The van der Waals surface area contributed by atoms with Crippen molar-refractivity contribution in [2.24, 2.45) is 0 Å². The highest BCUT2D eigenvalue weighted by Crippen LogP contribution is 2.17. The Morgan fingerprint density at radius 3 is 3.00 bits per heavy atom. The highest BCUT2D eigenvalue weighted by molar-refractivity contribution is 6.31. The molecule has 0 aliphatic carbocycles. The predicted molar refractivity (Wildman–Crippen MR) is 57.5 cm³/mol. The van der Waals surface area contributed by atoms with Gasteiger partial charge >= 0.3 is 0 Å². The number of rotatable bonds is 3. The third-order valence-corrected chi connectivity index (χ3v) is 2.82. The molecule has 0 aromatic heterocycles. The molecule has 2 nitrogen and oxygen atoms in total. The number of hydrogen-bond acceptors (Lipinski definition) is 2. The highest BCUT2D eigenvalue weighted by atomic mass is 35.5. The molecule has 1 heterocycles. The van der Waals surface area contributed by atoms with E-state index in [4.69, 9.17) is 16.3 Å². The minimum atomic E-state index is 0.353. The van der Waals surface area contributed by atoms with Crippen LogP contribution in [0, 0.1) is 0 Å². The minimum Gasteiger partial charge on any atom is -0.372 e. The Kier molecular flexibility index (Phi) is 3.40. The quantitative estimate of drug-likeness (QED) is 0.828. The zero-order valence-corrected chi connectivity index (χ0v) is 8.76. The van der Waals surface area contributed by atoms with Crippen molar-refractivity contribution >= 4 is 11.6 Å². The van der Waals surface area contributed by atoms with Crippen molar-refractivity contribution in [2.45, 2.75) is 19.1 Å². The average Bonchev–Trinajstić information content (AvgIpc) is 2.69. The molecule has 0 amide bonds. The van der Waals surface area contributed by atoms with E-state index in [1.165, 1.54) is 0 Å². The summed E-state index contributed by atoms with van der Waals surface area (Å²) in [5.74, 6) is 0. The smallest absolute Gasteiger partial charge is 0.0735 e. The molecule has 1 fully saturated rings. The van der Waals surface area contributed by atoms with Crippen LogP contribution in [0.25, 0.3) is 0 Å². The van der Waals surface area contributed by atoms with Crippen molar-refractivity contribution in [1.29, 1.82) is 0 Å². The third kappa shape index (κ3) is 2.47. The monoisotopic (exact) mass is 211 g/mol. The molecule has 1 aliphatic heterocycles. The van der Waals surface area contributed by atoms with Crippen molar-refractivity contribution in [2.75, 3.05) is 13.1 Å². The summed E-state index contributed by atoms with van der Waals surface area (Å²) in [7, 11) is 0. The maximum absolute atomic E-state index is 6.01. The van der Waals surface area contributed by atoms with E-state index in [0.29, 0.717) is 12.7 Å². The molecule has 2 rings (SSSR count). The Bertz CT molecular complexity index is 297. The Hall–Kier alpha value is -0.570. The van der Waals surface area contributed by atoms with Crippen molar-refractivity contribution in [1.82, 2.24) is 5.32 Å². The fraction of sp³-hybridized carbons (Fsp3) is 0.455. The molecular formula is C11H14ClNO. The summed E-state index contributed by atoms with van der Waals surface area (Å²) in [6, 6.07) is 7.82. The minimum absolute atomic E-state index is 0.353. The van der Waals surface area contributed by atoms with Crippen LogP contribution in [-0.2, 0) is 11.3 Å². The van der Waals surface area contributed by atoms with Gasteiger partial charge < -0.3 is 10.1 Å². The lowest BCUT2D eigenvalue weighted by molar-refractivity contribution is 0.0543. The van der Waals surface area contributed by atoms with Crippen molar-refractivity contribution in [3.8, 4) is 0 Å². The zero-order chi connectivity index (χ0) is 9.80. The van der Waals surface area contributed by atoms with Crippen LogP contribution in [0.5, 0.6) is 0 Å². The van der Waals surface area contributed by atoms with Gasteiger partial charge in [0.05, 0.1) is 12.7 Å². The Balaban J connectivity index is 1.88. The van der Waals surface area contributed by atoms with E-state index in [1.54, 1.807) is 0 Å². The number of benzene rings is 1. The second kappa shape index (κ2) is 4.78. The van der Waals surface area contributed by atoms with Gasteiger partial charge in [-0.05, 0) is 24.6 Å². The van der Waals surface area contributed by atoms with E-state index in [-0.39, 0.29) is 0 Å². The van der Waals surface area contributed by atoms with Crippen molar-refractivity contribution in [3.63, 3.8) is 0 Å². The summed E-state index contributed by atoms with van der Waals surface area (Å²) in [6.07, 6.45) is 1.45. The summed E-state index contributed by atoms with van der Waals surface area (Å²) in [4.78, 5) is 0. The first kappa shape index (κ1) is 9.97. The van der Waals surface area contributed by atoms with Gasteiger partial charge in [0.2, 0.25) is 0 Å². The first-order chi connectivity index (χ1) is 6.86. The standard InChI is InChI=1S/C11H14ClNO/c12-11-4-2-1-3-9(11)8-14-10-5-6-13-7-10/h1-4,10,13H,5-8H2/t10-/m1/s1. The summed E-state index contributed by atoms with van der Waals surface area (Å²) < 4.78 is 5.72. The SMILES string of the molecule is Clc1ccccc1CO[C@@H]1CCNC1. The van der Waals surface area contributed by atoms with Gasteiger partial charge in [-0.15, -0.1) is 0 Å². The molecule has 14 heavy (non-hydrogen) atoms. The Labute approximate surface area is 89.2 Å². The van der Waals surface area contributed by atoms with Gasteiger partial charge in [0, 0.05) is 11.6 Å². The van der Waals surface area contributed by atoms with Crippen LogP contribution in [0.3, 0.4) is 0 Å². The van der Waals surface area contributed by atoms with E-state index < -0.39 is 0 Å². The number of halogens is 1. The molecule has 0 unspecified atom stereocenters. The molecule has 1 aliphatic rings. The van der Waals surface area contributed by atoms with Gasteiger partial charge in [0.25, 0.3) is 0 Å². The van der Waals surface area contributed by atoms with E-state index in [1.807, 2.05) is 24.3 Å². The Morgan fingerprint density at radius 1 is 1.43 bits per heavy atom. The second-order valence-electron chi connectivity index (χ2n) is 3.52. The second-order valence-corrected chi connectivity index (χ2v) is 3.92. The molecule has 3 heteroatoms. The number of ether oxygens (including phenoxy) is 1. The molecule has 0 spiro atoms. The molecule has 0 radical (unpaired) electrons. The topological polar surface area (TPSA) is 21.3 Å². The van der Waals surface area contributed by atoms with Gasteiger partial charge in [-0.25, -0.2) is 0 Å². The predicted octanol–water partition coefficient (Wildman–Crippen LogP) is 2.22. The zero-order valence-electron chi connectivity index (χ0n) is 8.00.